The van der Waals surface area contributed by atoms with Gasteiger partial charge in [0.2, 0.25) is 0 Å². The molecule has 0 amide bonds. The van der Waals surface area contributed by atoms with Gasteiger partial charge in [0.25, 0.3) is 10.0 Å². The Morgan fingerprint density at radius 3 is 2.37 bits per heavy atom. The molecule has 1 aromatic heterocycles. The molecule has 0 bridgehead atoms. The SMILES string of the molecule is Cc1ccc(S(=O)(=O)Nc2ccc(N)nc2Br)cc1. The lowest BCUT2D eigenvalue weighted by atomic mass is 10.2. The number of anilines is 2. The van der Waals surface area contributed by atoms with Crippen LogP contribution in [0, 0.1) is 6.92 Å². The lowest BCUT2D eigenvalue weighted by Gasteiger charge is -2.09. The Hall–Kier alpha value is -1.60. The molecule has 0 saturated carbocycles. The van der Waals surface area contributed by atoms with E-state index in [1.807, 2.05) is 6.92 Å². The summed E-state index contributed by atoms with van der Waals surface area (Å²) in [6.07, 6.45) is 0. The lowest BCUT2D eigenvalue weighted by Crippen LogP contribution is -2.13. The maximum Gasteiger partial charge on any atom is 0.261 e. The van der Waals surface area contributed by atoms with Crippen molar-refractivity contribution >= 4 is 37.5 Å². The number of sulfonamides is 1. The molecule has 5 nitrogen and oxygen atoms in total. The summed E-state index contributed by atoms with van der Waals surface area (Å²) < 4.78 is 27.1. The molecule has 0 atom stereocenters. The lowest BCUT2D eigenvalue weighted by molar-refractivity contribution is 0.601. The van der Waals surface area contributed by atoms with E-state index in [0.29, 0.717) is 16.1 Å². The van der Waals surface area contributed by atoms with Gasteiger partial charge < -0.3 is 5.73 Å². The summed E-state index contributed by atoms with van der Waals surface area (Å²) in [7, 11) is -3.63. The highest BCUT2D eigenvalue weighted by molar-refractivity contribution is 9.10. The second-order valence-corrected chi connectivity index (χ2v) is 6.43. The molecule has 19 heavy (non-hydrogen) atoms. The Morgan fingerprint density at radius 1 is 1.16 bits per heavy atom. The van der Waals surface area contributed by atoms with Crippen LogP contribution in [0.3, 0.4) is 0 Å². The summed E-state index contributed by atoms with van der Waals surface area (Å²) in [5.74, 6) is 0.310. The number of hydrogen-bond acceptors (Lipinski definition) is 4. The van der Waals surface area contributed by atoms with Gasteiger partial charge in [-0.05, 0) is 47.1 Å². The number of pyridine rings is 1. The number of halogens is 1. The van der Waals surface area contributed by atoms with E-state index in [0.717, 1.165) is 5.56 Å². The molecular weight excluding hydrogens is 330 g/mol. The Balaban J connectivity index is 2.33. The maximum absolute atomic E-state index is 12.2. The van der Waals surface area contributed by atoms with Gasteiger partial charge in [-0.2, -0.15) is 0 Å². The van der Waals surface area contributed by atoms with Crippen molar-refractivity contribution in [2.24, 2.45) is 0 Å². The van der Waals surface area contributed by atoms with Crippen molar-refractivity contribution in [3.05, 3.63) is 46.6 Å². The molecule has 2 aromatic rings. The second-order valence-electron chi connectivity index (χ2n) is 3.99. The van der Waals surface area contributed by atoms with Crippen LogP contribution in [-0.4, -0.2) is 13.4 Å². The van der Waals surface area contributed by atoms with Gasteiger partial charge in [-0.25, -0.2) is 13.4 Å². The summed E-state index contributed by atoms with van der Waals surface area (Å²) in [5, 5.41) is 0. The topological polar surface area (TPSA) is 85.1 Å². The molecule has 100 valence electrons. The highest BCUT2D eigenvalue weighted by Crippen LogP contribution is 2.24. The van der Waals surface area contributed by atoms with Crippen LogP contribution in [0.1, 0.15) is 5.56 Å². The van der Waals surface area contributed by atoms with Crippen LogP contribution in [0.4, 0.5) is 11.5 Å². The maximum atomic E-state index is 12.2. The van der Waals surface area contributed by atoms with Gasteiger partial charge in [0, 0.05) is 0 Å². The fourth-order valence-electron chi connectivity index (χ4n) is 1.45. The monoisotopic (exact) mass is 341 g/mol. The molecular formula is C12H12BrN3O2S. The zero-order valence-corrected chi connectivity index (χ0v) is 12.5. The van der Waals surface area contributed by atoms with Crippen molar-refractivity contribution in [2.45, 2.75) is 11.8 Å². The third kappa shape index (κ3) is 3.24. The average Bonchev–Trinajstić information content (AvgIpc) is 2.33. The number of aryl methyl sites for hydroxylation is 1. The number of nitrogens with one attached hydrogen (secondary N) is 1. The van der Waals surface area contributed by atoms with Gasteiger partial charge in [0.1, 0.15) is 10.4 Å². The van der Waals surface area contributed by atoms with E-state index in [1.165, 1.54) is 6.07 Å². The van der Waals surface area contributed by atoms with Gasteiger partial charge >= 0.3 is 0 Å². The van der Waals surface area contributed by atoms with E-state index >= 15 is 0 Å². The minimum atomic E-state index is -3.63. The quantitative estimate of drug-likeness (QED) is 0.840. The first kappa shape index (κ1) is 13.8. The molecule has 0 aliphatic rings. The summed E-state index contributed by atoms with van der Waals surface area (Å²) >= 11 is 3.17. The highest BCUT2D eigenvalue weighted by Gasteiger charge is 2.15. The second kappa shape index (κ2) is 5.18. The summed E-state index contributed by atoms with van der Waals surface area (Å²) in [6.45, 7) is 1.89. The number of benzene rings is 1. The summed E-state index contributed by atoms with van der Waals surface area (Å²) in [6, 6.07) is 9.66. The van der Waals surface area contributed by atoms with Crippen LogP contribution in [0.2, 0.25) is 0 Å². The number of aromatic nitrogens is 1. The molecule has 0 saturated heterocycles. The number of nitrogens with zero attached hydrogens (tertiary/aromatic N) is 1. The van der Waals surface area contributed by atoms with E-state index in [4.69, 9.17) is 5.73 Å². The summed E-state index contributed by atoms with van der Waals surface area (Å²) in [5.41, 5.74) is 6.84. The number of rotatable bonds is 3. The van der Waals surface area contributed by atoms with E-state index in [2.05, 4.69) is 25.6 Å². The molecule has 0 radical (unpaired) electrons. The number of hydrogen-bond donors (Lipinski definition) is 2. The zero-order valence-electron chi connectivity index (χ0n) is 10.1. The molecule has 1 aromatic carbocycles. The predicted octanol–water partition coefficient (Wildman–Crippen LogP) is 2.54. The fraction of sp³-hybridized carbons (Fsp3) is 0.0833. The van der Waals surface area contributed by atoms with Gasteiger partial charge in [-0.15, -0.1) is 0 Å². The minimum Gasteiger partial charge on any atom is -0.384 e. The van der Waals surface area contributed by atoms with Crippen molar-refractivity contribution in [2.75, 3.05) is 10.5 Å². The van der Waals surface area contributed by atoms with E-state index in [9.17, 15) is 8.42 Å². The molecule has 0 aliphatic carbocycles. The number of nitrogen functional groups attached to an aromatic ring is 1. The van der Waals surface area contributed by atoms with Crippen molar-refractivity contribution in [1.82, 2.24) is 4.98 Å². The third-order valence-corrected chi connectivity index (χ3v) is 4.43. The largest absolute Gasteiger partial charge is 0.384 e. The molecule has 0 fully saturated rings. The van der Waals surface area contributed by atoms with Crippen LogP contribution >= 0.6 is 15.9 Å². The van der Waals surface area contributed by atoms with Crippen LogP contribution in [0.25, 0.3) is 0 Å². The minimum absolute atomic E-state index is 0.196. The van der Waals surface area contributed by atoms with E-state index in [1.54, 1.807) is 30.3 Å². The average molecular weight is 342 g/mol. The summed E-state index contributed by atoms with van der Waals surface area (Å²) in [4.78, 5) is 4.13. The smallest absolute Gasteiger partial charge is 0.261 e. The van der Waals surface area contributed by atoms with Gasteiger partial charge in [0.05, 0.1) is 10.6 Å². The molecule has 1 heterocycles. The predicted molar refractivity (Wildman–Crippen MR) is 78.3 cm³/mol. The van der Waals surface area contributed by atoms with Crippen LogP contribution in [-0.2, 0) is 10.0 Å². The molecule has 2 rings (SSSR count). The van der Waals surface area contributed by atoms with Gasteiger partial charge in [-0.1, -0.05) is 17.7 Å². The molecule has 0 aliphatic heterocycles. The van der Waals surface area contributed by atoms with E-state index < -0.39 is 10.0 Å². The molecule has 3 N–H and O–H groups in total. The first-order valence-corrected chi connectivity index (χ1v) is 7.67. The molecule has 7 heteroatoms. The van der Waals surface area contributed by atoms with Crippen LogP contribution in [0.5, 0.6) is 0 Å². The van der Waals surface area contributed by atoms with Gasteiger partial charge in [0.15, 0.2) is 0 Å². The zero-order chi connectivity index (χ0) is 14.0. The third-order valence-electron chi connectivity index (χ3n) is 2.45. The molecule has 0 spiro atoms. The Kier molecular flexibility index (Phi) is 3.77. The van der Waals surface area contributed by atoms with Gasteiger partial charge in [-0.3, -0.25) is 4.72 Å². The number of nitrogens with two attached hydrogens (primary N) is 1. The normalized spacial score (nSPS) is 11.3. The Morgan fingerprint density at radius 2 is 1.79 bits per heavy atom. The first-order valence-electron chi connectivity index (χ1n) is 5.40. The molecule has 0 unspecified atom stereocenters. The standard InChI is InChI=1S/C12H12BrN3O2S/c1-8-2-4-9(5-3-8)19(17,18)16-10-6-7-11(14)15-12(10)13/h2-7,16H,1H3,(H2,14,15). The van der Waals surface area contributed by atoms with E-state index in [-0.39, 0.29) is 4.90 Å². The fourth-order valence-corrected chi connectivity index (χ4v) is 3.08. The van der Waals surface area contributed by atoms with Crippen molar-refractivity contribution in [1.29, 1.82) is 0 Å². The van der Waals surface area contributed by atoms with Crippen LogP contribution in [0.15, 0.2) is 45.9 Å². The van der Waals surface area contributed by atoms with Crippen molar-refractivity contribution < 1.29 is 8.42 Å². The Bertz CT molecular complexity index is 699. The van der Waals surface area contributed by atoms with Crippen molar-refractivity contribution in [3.8, 4) is 0 Å². The first-order chi connectivity index (χ1) is 8.88. The Labute approximate surface area is 120 Å². The van der Waals surface area contributed by atoms with Crippen molar-refractivity contribution in [3.63, 3.8) is 0 Å². The van der Waals surface area contributed by atoms with Crippen LogP contribution < -0.4 is 10.5 Å². The highest BCUT2D eigenvalue weighted by atomic mass is 79.9.